The van der Waals surface area contributed by atoms with Crippen molar-refractivity contribution in [3.63, 3.8) is 0 Å². The molecule has 0 atom stereocenters. The molecule has 0 spiro atoms. The SMILES string of the molecule is c1cnc(N2CCN(C3CN(Cc4cnn5c4CCC5)C3)CC2)nc1. The van der Waals surface area contributed by atoms with E-state index in [0.717, 1.165) is 45.2 Å². The van der Waals surface area contributed by atoms with Gasteiger partial charge in [0.25, 0.3) is 0 Å². The number of aryl methyl sites for hydroxylation is 1. The van der Waals surface area contributed by atoms with E-state index in [1.165, 1.54) is 37.2 Å². The fourth-order valence-corrected chi connectivity index (χ4v) is 4.35. The van der Waals surface area contributed by atoms with E-state index >= 15 is 0 Å². The fourth-order valence-electron chi connectivity index (χ4n) is 4.35. The van der Waals surface area contributed by atoms with Crippen molar-refractivity contribution >= 4 is 5.95 Å². The van der Waals surface area contributed by atoms with Crippen LogP contribution in [0.25, 0.3) is 0 Å². The van der Waals surface area contributed by atoms with E-state index in [2.05, 4.69) is 40.6 Å². The van der Waals surface area contributed by atoms with Crippen LogP contribution < -0.4 is 4.90 Å². The highest BCUT2D eigenvalue weighted by Crippen LogP contribution is 2.24. The molecule has 5 rings (SSSR count). The van der Waals surface area contributed by atoms with Crippen molar-refractivity contribution in [2.45, 2.75) is 32.0 Å². The Morgan fingerprint density at radius 2 is 1.80 bits per heavy atom. The molecule has 0 bridgehead atoms. The Bertz CT molecular complexity index is 714. The zero-order valence-corrected chi connectivity index (χ0v) is 14.6. The number of rotatable bonds is 4. The van der Waals surface area contributed by atoms with E-state index in [1.54, 1.807) is 0 Å². The van der Waals surface area contributed by atoms with Crippen LogP contribution in [0, 0.1) is 0 Å². The van der Waals surface area contributed by atoms with Crippen molar-refractivity contribution in [3.05, 3.63) is 35.9 Å². The minimum atomic E-state index is 0.711. The highest BCUT2D eigenvalue weighted by atomic mass is 15.4. The van der Waals surface area contributed by atoms with Crippen LogP contribution in [0.2, 0.25) is 0 Å². The van der Waals surface area contributed by atoms with Gasteiger partial charge < -0.3 is 4.90 Å². The van der Waals surface area contributed by atoms with Crippen molar-refractivity contribution < 1.29 is 0 Å². The lowest BCUT2D eigenvalue weighted by Crippen LogP contribution is -2.62. The molecule has 2 aromatic rings. The van der Waals surface area contributed by atoms with E-state index in [0.29, 0.717) is 6.04 Å². The summed E-state index contributed by atoms with van der Waals surface area (Å²) < 4.78 is 2.19. The molecule has 0 amide bonds. The summed E-state index contributed by atoms with van der Waals surface area (Å²) >= 11 is 0. The van der Waals surface area contributed by atoms with Crippen molar-refractivity contribution in [1.82, 2.24) is 29.5 Å². The standard InChI is InChI=1S/C18H25N7/c1-3-17-15(11-21-25(17)6-1)12-22-13-16(14-22)23-7-9-24(10-8-23)18-19-4-2-5-20-18/h2,4-5,11,16H,1,3,6-10,12-14H2. The van der Waals surface area contributed by atoms with E-state index in [-0.39, 0.29) is 0 Å². The highest BCUT2D eigenvalue weighted by molar-refractivity contribution is 5.29. The summed E-state index contributed by atoms with van der Waals surface area (Å²) in [6.45, 7) is 8.82. The molecular formula is C18H25N7. The molecule has 7 nitrogen and oxygen atoms in total. The Kier molecular flexibility index (Phi) is 3.90. The molecule has 0 N–H and O–H groups in total. The molecule has 0 unspecified atom stereocenters. The third-order valence-electron chi connectivity index (χ3n) is 5.82. The molecule has 2 saturated heterocycles. The van der Waals surface area contributed by atoms with Gasteiger partial charge >= 0.3 is 0 Å². The first-order chi connectivity index (χ1) is 12.4. The van der Waals surface area contributed by atoms with Gasteiger partial charge in [0.1, 0.15) is 0 Å². The molecular weight excluding hydrogens is 314 g/mol. The Hall–Kier alpha value is -1.99. The summed E-state index contributed by atoms with van der Waals surface area (Å²) in [7, 11) is 0. The average molecular weight is 339 g/mol. The second-order valence-corrected chi connectivity index (χ2v) is 7.36. The first-order valence-corrected chi connectivity index (χ1v) is 9.39. The summed E-state index contributed by atoms with van der Waals surface area (Å²) in [6, 6.07) is 2.58. The van der Waals surface area contributed by atoms with Crippen molar-refractivity contribution in [1.29, 1.82) is 0 Å². The zero-order valence-electron chi connectivity index (χ0n) is 14.6. The van der Waals surface area contributed by atoms with Crippen LogP contribution in [-0.2, 0) is 19.5 Å². The van der Waals surface area contributed by atoms with Crippen LogP contribution >= 0.6 is 0 Å². The maximum Gasteiger partial charge on any atom is 0.225 e. The third kappa shape index (κ3) is 2.91. The molecule has 5 heterocycles. The lowest BCUT2D eigenvalue weighted by atomic mass is 10.0. The molecule has 7 heteroatoms. The van der Waals surface area contributed by atoms with Gasteiger partial charge in [-0.3, -0.25) is 14.5 Å². The van der Waals surface area contributed by atoms with Crippen LogP contribution in [0.5, 0.6) is 0 Å². The topological polar surface area (TPSA) is 53.3 Å². The molecule has 0 aliphatic carbocycles. The number of nitrogens with zero attached hydrogens (tertiary/aromatic N) is 7. The summed E-state index contributed by atoms with van der Waals surface area (Å²) in [4.78, 5) is 16.2. The van der Waals surface area contributed by atoms with E-state index in [9.17, 15) is 0 Å². The van der Waals surface area contributed by atoms with E-state index < -0.39 is 0 Å². The predicted octanol–water partition coefficient (Wildman–Crippen LogP) is 0.626. The maximum absolute atomic E-state index is 4.52. The van der Waals surface area contributed by atoms with Crippen molar-refractivity contribution in [2.75, 3.05) is 44.2 Å². The van der Waals surface area contributed by atoms with Gasteiger partial charge in [-0.25, -0.2) is 9.97 Å². The number of aromatic nitrogens is 4. The molecule has 2 fully saturated rings. The lowest BCUT2D eigenvalue weighted by Gasteiger charge is -2.48. The quantitative estimate of drug-likeness (QED) is 0.814. The smallest absolute Gasteiger partial charge is 0.225 e. The third-order valence-corrected chi connectivity index (χ3v) is 5.82. The van der Waals surface area contributed by atoms with E-state index in [1.807, 2.05) is 18.5 Å². The van der Waals surface area contributed by atoms with Gasteiger partial charge in [0.15, 0.2) is 0 Å². The minimum Gasteiger partial charge on any atom is -0.338 e. The largest absolute Gasteiger partial charge is 0.338 e. The molecule has 132 valence electrons. The highest BCUT2D eigenvalue weighted by Gasteiger charge is 2.34. The average Bonchev–Trinajstić information content (AvgIpc) is 3.23. The van der Waals surface area contributed by atoms with Crippen LogP contribution in [0.4, 0.5) is 5.95 Å². The van der Waals surface area contributed by atoms with Crippen LogP contribution in [0.3, 0.4) is 0 Å². The van der Waals surface area contributed by atoms with Crippen LogP contribution in [0.1, 0.15) is 17.7 Å². The number of likely N-dealkylation sites (tertiary alicyclic amines) is 1. The lowest BCUT2D eigenvalue weighted by molar-refractivity contribution is 0.0253. The van der Waals surface area contributed by atoms with Crippen LogP contribution in [-0.4, -0.2) is 74.9 Å². The van der Waals surface area contributed by atoms with Crippen molar-refractivity contribution in [3.8, 4) is 0 Å². The van der Waals surface area contributed by atoms with Gasteiger partial charge in [0.05, 0.1) is 6.20 Å². The monoisotopic (exact) mass is 339 g/mol. The second-order valence-electron chi connectivity index (χ2n) is 7.36. The Labute approximate surface area is 148 Å². The first kappa shape index (κ1) is 15.3. The van der Waals surface area contributed by atoms with Gasteiger partial charge in [-0.05, 0) is 18.9 Å². The van der Waals surface area contributed by atoms with Gasteiger partial charge in [0.2, 0.25) is 5.95 Å². The summed E-state index contributed by atoms with van der Waals surface area (Å²) in [5, 5.41) is 4.52. The summed E-state index contributed by atoms with van der Waals surface area (Å²) in [5.74, 6) is 0.868. The second kappa shape index (κ2) is 6.38. The Morgan fingerprint density at radius 1 is 1.00 bits per heavy atom. The fraction of sp³-hybridized carbons (Fsp3) is 0.611. The Balaban J connectivity index is 1.11. The minimum absolute atomic E-state index is 0.711. The molecule has 3 aliphatic heterocycles. The van der Waals surface area contributed by atoms with Crippen LogP contribution in [0.15, 0.2) is 24.7 Å². The molecule has 0 aromatic carbocycles. The number of hydrogen-bond acceptors (Lipinski definition) is 6. The van der Waals surface area contributed by atoms with E-state index in [4.69, 9.17) is 0 Å². The van der Waals surface area contributed by atoms with Gasteiger partial charge in [-0.1, -0.05) is 0 Å². The molecule has 25 heavy (non-hydrogen) atoms. The normalized spacial score (nSPS) is 22.2. The maximum atomic E-state index is 4.52. The van der Waals surface area contributed by atoms with Gasteiger partial charge in [-0.2, -0.15) is 5.10 Å². The number of anilines is 1. The van der Waals surface area contributed by atoms with Gasteiger partial charge in [-0.15, -0.1) is 0 Å². The number of piperazine rings is 1. The summed E-state index contributed by atoms with van der Waals surface area (Å²) in [6.07, 6.45) is 8.20. The zero-order chi connectivity index (χ0) is 16.6. The molecule has 2 aromatic heterocycles. The Morgan fingerprint density at radius 3 is 2.60 bits per heavy atom. The molecule has 0 radical (unpaired) electrons. The first-order valence-electron chi connectivity index (χ1n) is 9.39. The van der Waals surface area contributed by atoms with Crippen molar-refractivity contribution in [2.24, 2.45) is 0 Å². The summed E-state index contributed by atoms with van der Waals surface area (Å²) in [5.41, 5.74) is 2.92. The number of fused-ring (bicyclic) bond motifs is 1. The number of hydrogen-bond donors (Lipinski definition) is 0. The van der Waals surface area contributed by atoms with Gasteiger partial charge in [0, 0.05) is 82.1 Å². The molecule has 3 aliphatic rings. The molecule has 0 saturated carbocycles. The predicted molar refractivity (Wildman–Crippen MR) is 95.4 cm³/mol.